The van der Waals surface area contributed by atoms with Gasteiger partial charge in [0.25, 0.3) is 0 Å². The van der Waals surface area contributed by atoms with Crippen molar-refractivity contribution in [3.8, 4) is 0 Å². The zero-order chi connectivity index (χ0) is 12.7. The van der Waals surface area contributed by atoms with Gasteiger partial charge >= 0.3 is 5.97 Å². The smallest absolute Gasteiger partial charge is 0.358 e. The second-order valence-corrected chi connectivity index (χ2v) is 3.69. The first kappa shape index (κ1) is 13.4. The molecule has 6 heteroatoms. The molecule has 1 heterocycles. The molecule has 6 nitrogen and oxygen atoms in total. The summed E-state index contributed by atoms with van der Waals surface area (Å²) < 4.78 is 4.56. The van der Waals surface area contributed by atoms with Crippen molar-refractivity contribution in [1.29, 1.82) is 0 Å². The summed E-state index contributed by atoms with van der Waals surface area (Å²) in [5.74, 6) is 0.0162. The van der Waals surface area contributed by atoms with E-state index in [0.717, 1.165) is 12.8 Å². The van der Waals surface area contributed by atoms with Gasteiger partial charge in [0.05, 0.1) is 19.5 Å². The van der Waals surface area contributed by atoms with Gasteiger partial charge in [-0.25, -0.2) is 9.78 Å². The van der Waals surface area contributed by atoms with E-state index in [1.165, 1.54) is 13.3 Å². The van der Waals surface area contributed by atoms with Crippen molar-refractivity contribution >= 4 is 11.8 Å². The van der Waals surface area contributed by atoms with Crippen LogP contribution in [0.4, 0.5) is 5.82 Å². The third-order valence-corrected chi connectivity index (χ3v) is 2.22. The molecule has 1 aromatic rings. The minimum Gasteiger partial charge on any atom is -0.464 e. The number of aliphatic hydroxyl groups is 1. The molecule has 0 aliphatic heterocycles. The van der Waals surface area contributed by atoms with E-state index >= 15 is 0 Å². The summed E-state index contributed by atoms with van der Waals surface area (Å²) >= 11 is 0. The fraction of sp³-hybridized carbons (Fsp3) is 0.545. The fourth-order valence-corrected chi connectivity index (χ4v) is 1.36. The van der Waals surface area contributed by atoms with Crippen molar-refractivity contribution in [3.63, 3.8) is 0 Å². The van der Waals surface area contributed by atoms with E-state index in [4.69, 9.17) is 5.11 Å². The Morgan fingerprint density at radius 2 is 2.35 bits per heavy atom. The summed E-state index contributed by atoms with van der Waals surface area (Å²) in [4.78, 5) is 19.2. The van der Waals surface area contributed by atoms with Gasteiger partial charge in [0.1, 0.15) is 5.82 Å². The van der Waals surface area contributed by atoms with Gasteiger partial charge < -0.3 is 15.2 Å². The minimum absolute atomic E-state index is 0.157. The van der Waals surface area contributed by atoms with E-state index in [-0.39, 0.29) is 18.3 Å². The van der Waals surface area contributed by atoms with Gasteiger partial charge in [-0.15, -0.1) is 0 Å². The number of aliphatic hydroxyl groups excluding tert-OH is 1. The van der Waals surface area contributed by atoms with Crippen molar-refractivity contribution < 1.29 is 14.6 Å². The molecule has 0 spiro atoms. The summed E-state index contributed by atoms with van der Waals surface area (Å²) in [6.45, 7) is 2.14. The summed E-state index contributed by atoms with van der Waals surface area (Å²) in [5, 5.41) is 11.8. The van der Waals surface area contributed by atoms with Gasteiger partial charge in [0, 0.05) is 12.6 Å². The molecular formula is C11H17N3O3. The Morgan fingerprint density at radius 1 is 1.59 bits per heavy atom. The summed E-state index contributed by atoms with van der Waals surface area (Å²) in [6, 6.07) is 0.157. The number of hydrogen-bond acceptors (Lipinski definition) is 6. The highest BCUT2D eigenvalue weighted by Crippen LogP contribution is 2.07. The highest BCUT2D eigenvalue weighted by Gasteiger charge is 2.09. The normalized spacial score (nSPS) is 11.9. The number of hydrogen-bond donors (Lipinski definition) is 2. The molecule has 1 rings (SSSR count). The molecule has 2 N–H and O–H groups in total. The number of methoxy groups -OCH3 is 1. The van der Waals surface area contributed by atoms with Crippen molar-refractivity contribution in [2.75, 3.05) is 19.0 Å². The summed E-state index contributed by atoms with van der Waals surface area (Å²) in [6.07, 6.45) is 4.44. The van der Waals surface area contributed by atoms with Crippen LogP contribution in [-0.4, -0.2) is 40.8 Å². The number of ether oxygens (including phenoxy) is 1. The number of rotatable bonds is 6. The third-order valence-electron chi connectivity index (χ3n) is 2.22. The van der Waals surface area contributed by atoms with Crippen LogP contribution in [0.25, 0.3) is 0 Å². The Hall–Kier alpha value is -1.69. The zero-order valence-corrected chi connectivity index (χ0v) is 10.0. The fourth-order valence-electron chi connectivity index (χ4n) is 1.36. The van der Waals surface area contributed by atoms with Crippen molar-refractivity contribution in [3.05, 3.63) is 18.1 Å². The predicted molar refractivity (Wildman–Crippen MR) is 62.8 cm³/mol. The maximum Gasteiger partial charge on any atom is 0.358 e. The van der Waals surface area contributed by atoms with Gasteiger partial charge in [-0.05, 0) is 19.8 Å². The van der Waals surface area contributed by atoms with Crippen molar-refractivity contribution in [2.24, 2.45) is 0 Å². The zero-order valence-electron chi connectivity index (χ0n) is 10.0. The second-order valence-electron chi connectivity index (χ2n) is 3.69. The lowest BCUT2D eigenvalue weighted by Gasteiger charge is -2.13. The number of nitrogens with one attached hydrogen (secondary N) is 1. The van der Waals surface area contributed by atoms with Gasteiger partial charge in [-0.1, -0.05) is 0 Å². The predicted octanol–water partition coefficient (Wildman–Crippen LogP) is 0.836. The maximum absolute atomic E-state index is 11.2. The Kier molecular flexibility index (Phi) is 5.35. The molecule has 0 aliphatic carbocycles. The highest BCUT2D eigenvalue weighted by atomic mass is 16.5. The van der Waals surface area contributed by atoms with E-state index in [9.17, 15) is 4.79 Å². The van der Waals surface area contributed by atoms with E-state index in [1.807, 2.05) is 6.92 Å². The monoisotopic (exact) mass is 239 g/mol. The van der Waals surface area contributed by atoms with Crippen LogP contribution in [0.1, 0.15) is 30.3 Å². The van der Waals surface area contributed by atoms with Gasteiger partial charge in [0.2, 0.25) is 0 Å². The standard InChI is InChI=1S/C11H17N3O3/c1-8(4-3-5-15)13-10-7-12-6-9(14-10)11(16)17-2/h6-8,15H,3-5H2,1-2H3,(H,13,14). The lowest BCUT2D eigenvalue weighted by molar-refractivity contribution is 0.0593. The van der Waals surface area contributed by atoms with Crippen LogP contribution in [0.2, 0.25) is 0 Å². The summed E-state index contributed by atoms with van der Waals surface area (Å²) in [7, 11) is 1.30. The van der Waals surface area contributed by atoms with Crippen LogP contribution >= 0.6 is 0 Å². The highest BCUT2D eigenvalue weighted by molar-refractivity contribution is 5.87. The van der Waals surface area contributed by atoms with Crippen molar-refractivity contribution in [2.45, 2.75) is 25.8 Å². The molecule has 0 radical (unpaired) electrons. The Labute approximate surface area is 100 Å². The third kappa shape index (κ3) is 4.36. The van der Waals surface area contributed by atoms with Gasteiger partial charge in [0.15, 0.2) is 5.69 Å². The van der Waals surface area contributed by atoms with Crippen LogP contribution < -0.4 is 5.32 Å². The number of anilines is 1. The van der Waals surface area contributed by atoms with E-state index in [0.29, 0.717) is 5.82 Å². The molecule has 94 valence electrons. The number of aromatic nitrogens is 2. The lowest BCUT2D eigenvalue weighted by Crippen LogP contribution is -2.17. The van der Waals surface area contributed by atoms with Crippen LogP contribution in [0, 0.1) is 0 Å². The first-order valence-electron chi connectivity index (χ1n) is 5.45. The molecule has 1 atom stereocenters. The first-order chi connectivity index (χ1) is 8.17. The SMILES string of the molecule is COC(=O)c1cncc(NC(C)CCCO)n1. The van der Waals surface area contributed by atoms with E-state index < -0.39 is 5.97 Å². The molecule has 17 heavy (non-hydrogen) atoms. The van der Waals surface area contributed by atoms with Gasteiger partial charge in [-0.3, -0.25) is 4.98 Å². The van der Waals surface area contributed by atoms with E-state index in [2.05, 4.69) is 20.0 Å². The molecular weight excluding hydrogens is 222 g/mol. The quantitative estimate of drug-likeness (QED) is 0.715. The average molecular weight is 239 g/mol. The Bertz CT molecular complexity index is 371. The Morgan fingerprint density at radius 3 is 3.00 bits per heavy atom. The number of nitrogens with zero attached hydrogens (tertiary/aromatic N) is 2. The molecule has 0 saturated carbocycles. The molecule has 1 aromatic heterocycles. The number of carbonyl (C=O) groups excluding carboxylic acids is 1. The molecule has 0 fully saturated rings. The van der Waals surface area contributed by atoms with Crippen LogP contribution in [0.3, 0.4) is 0 Å². The minimum atomic E-state index is -0.510. The average Bonchev–Trinajstić information content (AvgIpc) is 2.35. The summed E-state index contributed by atoms with van der Waals surface area (Å²) in [5.41, 5.74) is 0.173. The lowest BCUT2D eigenvalue weighted by atomic mass is 10.2. The first-order valence-corrected chi connectivity index (χ1v) is 5.45. The molecule has 0 aromatic carbocycles. The number of carbonyl (C=O) groups is 1. The van der Waals surface area contributed by atoms with Gasteiger partial charge in [-0.2, -0.15) is 0 Å². The molecule has 0 saturated heterocycles. The molecule has 0 amide bonds. The molecule has 0 aliphatic rings. The molecule has 1 unspecified atom stereocenters. The molecule has 0 bridgehead atoms. The largest absolute Gasteiger partial charge is 0.464 e. The maximum atomic E-state index is 11.2. The van der Waals surface area contributed by atoms with E-state index in [1.54, 1.807) is 6.20 Å². The van der Waals surface area contributed by atoms with Crippen LogP contribution in [-0.2, 0) is 4.74 Å². The Balaban J connectivity index is 2.62. The van der Waals surface area contributed by atoms with Crippen molar-refractivity contribution in [1.82, 2.24) is 9.97 Å². The second kappa shape index (κ2) is 6.80. The topological polar surface area (TPSA) is 84.3 Å². The van der Waals surface area contributed by atoms with Crippen LogP contribution in [0.15, 0.2) is 12.4 Å². The van der Waals surface area contributed by atoms with Crippen LogP contribution in [0.5, 0.6) is 0 Å². The number of esters is 1.